The van der Waals surface area contributed by atoms with Crippen LogP contribution in [0.4, 0.5) is 0 Å². The normalized spacial score (nSPS) is 14.6. The van der Waals surface area contributed by atoms with Crippen molar-refractivity contribution in [3.05, 3.63) is 29.8 Å². The number of nitrogens with zero attached hydrogens (tertiary/aromatic N) is 2. The Morgan fingerprint density at radius 1 is 0.943 bits per heavy atom. The van der Waals surface area contributed by atoms with Crippen LogP contribution < -0.4 is 21.5 Å². The smallest absolute Gasteiger partial charge is 0.185 e. The highest BCUT2D eigenvalue weighted by Crippen LogP contribution is 2.20. The molecule has 1 heterocycles. The number of hydrogen-bond donors (Lipinski definition) is 4. The van der Waals surface area contributed by atoms with E-state index < -0.39 is 0 Å². The summed E-state index contributed by atoms with van der Waals surface area (Å²) in [5, 5.41) is 11.6. The van der Waals surface area contributed by atoms with Crippen LogP contribution in [0.5, 0.6) is 5.75 Å². The number of aliphatic imine (C=N–C) groups is 2. The largest absolute Gasteiger partial charge is 0.494 e. The number of amidine groups is 1. The zero-order valence-corrected chi connectivity index (χ0v) is 22.1. The van der Waals surface area contributed by atoms with Crippen molar-refractivity contribution < 1.29 is 4.74 Å². The molecule has 0 unspecified atom stereocenters. The number of benzene rings is 1. The van der Waals surface area contributed by atoms with Crippen molar-refractivity contribution in [2.24, 2.45) is 26.9 Å². The molecule has 1 aliphatic rings. The number of unbranched alkanes of at least 4 members (excludes halogenated alkanes) is 8. The average molecular weight is 485 g/mol. The van der Waals surface area contributed by atoms with Crippen LogP contribution >= 0.6 is 0 Å². The van der Waals surface area contributed by atoms with E-state index in [1.165, 1.54) is 32.1 Å². The van der Waals surface area contributed by atoms with E-state index in [4.69, 9.17) is 21.6 Å². The van der Waals surface area contributed by atoms with Crippen LogP contribution in [0.1, 0.15) is 96.5 Å². The van der Waals surface area contributed by atoms with Crippen molar-refractivity contribution in [2.45, 2.75) is 90.9 Å². The minimum atomic E-state index is 0.190. The highest BCUT2D eigenvalue weighted by Gasteiger charge is 2.22. The van der Waals surface area contributed by atoms with Gasteiger partial charge >= 0.3 is 0 Å². The van der Waals surface area contributed by atoms with E-state index in [-0.39, 0.29) is 11.4 Å². The average Bonchev–Trinajstić information content (AvgIpc) is 2.83. The van der Waals surface area contributed by atoms with E-state index in [1.807, 2.05) is 12.1 Å². The first kappa shape index (κ1) is 28.7. The lowest BCUT2D eigenvalue weighted by atomic mass is 9.92. The third kappa shape index (κ3) is 13.2. The Kier molecular flexibility index (Phi) is 13.2. The van der Waals surface area contributed by atoms with E-state index >= 15 is 0 Å². The van der Waals surface area contributed by atoms with Gasteiger partial charge in [-0.1, -0.05) is 46.0 Å². The molecule has 1 aromatic carbocycles. The number of guanidine groups is 1. The second kappa shape index (κ2) is 16.2. The first-order valence-corrected chi connectivity index (χ1v) is 13.5. The predicted molar refractivity (Wildman–Crippen MR) is 149 cm³/mol. The van der Waals surface area contributed by atoms with Gasteiger partial charge in [-0.05, 0) is 69.2 Å². The van der Waals surface area contributed by atoms with Crippen LogP contribution in [0.15, 0.2) is 34.3 Å². The molecule has 6 N–H and O–H groups in total. The van der Waals surface area contributed by atoms with Gasteiger partial charge in [0.1, 0.15) is 11.6 Å². The minimum Gasteiger partial charge on any atom is -0.494 e. The molecule has 0 radical (unpaired) electrons. The first-order valence-electron chi connectivity index (χ1n) is 13.5. The Hall–Kier alpha value is -2.57. The van der Waals surface area contributed by atoms with Crippen molar-refractivity contribution in [2.75, 3.05) is 26.2 Å². The SMILES string of the molecule is CC1(C)CN=C(c2ccc(OCCCCCC(=N)CCCCCCCCCN=C(N)N)cc2)NC1. The molecule has 0 saturated heterocycles. The topological polar surface area (TPSA) is 122 Å². The Morgan fingerprint density at radius 2 is 1.54 bits per heavy atom. The molecule has 0 atom stereocenters. The van der Waals surface area contributed by atoms with Crippen molar-refractivity contribution in [1.82, 2.24) is 5.32 Å². The van der Waals surface area contributed by atoms with Crippen LogP contribution in [0.2, 0.25) is 0 Å². The maximum Gasteiger partial charge on any atom is 0.185 e. The fraction of sp³-hybridized carbons (Fsp3) is 0.679. The summed E-state index contributed by atoms with van der Waals surface area (Å²) in [6.45, 7) is 7.73. The van der Waals surface area contributed by atoms with Crippen molar-refractivity contribution in [1.29, 1.82) is 5.41 Å². The zero-order chi connectivity index (χ0) is 25.4. The molecule has 196 valence electrons. The van der Waals surface area contributed by atoms with Crippen LogP contribution in [0.25, 0.3) is 0 Å². The molecule has 7 heteroatoms. The van der Waals surface area contributed by atoms with E-state index in [0.717, 1.165) is 94.0 Å². The van der Waals surface area contributed by atoms with Gasteiger partial charge in [0.25, 0.3) is 0 Å². The summed E-state index contributed by atoms with van der Waals surface area (Å²) in [7, 11) is 0. The van der Waals surface area contributed by atoms with Crippen molar-refractivity contribution in [3.8, 4) is 5.75 Å². The summed E-state index contributed by atoms with van der Waals surface area (Å²) in [4.78, 5) is 8.68. The monoisotopic (exact) mass is 484 g/mol. The Balaban J connectivity index is 1.42. The molecule has 0 spiro atoms. The van der Waals surface area contributed by atoms with Gasteiger partial charge in [-0.15, -0.1) is 0 Å². The Morgan fingerprint density at radius 3 is 2.14 bits per heavy atom. The molecule has 0 amide bonds. The third-order valence-electron chi connectivity index (χ3n) is 6.35. The number of hydrogen-bond acceptors (Lipinski definition) is 5. The van der Waals surface area contributed by atoms with Crippen LogP contribution in [-0.4, -0.2) is 43.7 Å². The highest BCUT2D eigenvalue weighted by molar-refractivity contribution is 5.99. The molecule has 0 aromatic heterocycles. The Bertz CT molecular complexity index is 796. The van der Waals surface area contributed by atoms with Gasteiger partial charge in [0.05, 0.1) is 6.61 Å². The van der Waals surface area contributed by atoms with E-state index in [2.05, 4.69) is 41.3 Å². The van der Waals surface area contributed by atoms with Gasteiger partial charge < -0.3 is 26.9 Å². The van der Waals surface area contributed by atoms with Crippen LogP contribution in [0.3, 0.4) is 0 Å². The summed E-state index contributed by atoms with van der Waals surface area (Å²) in [6, 6.07) is 8.22. The van der Waals surface area contributed by atoms with Gasteiger partial charge in [-0.3, -0.25) is 9.98 Å². The Labute approximate surface area is 212 Å². The molecule has 0 bridgehead atoms. The lowest BCUT2D eigenvalue weighted by Crippen LogP contribution is -2.41. The maximum atomic E-state index is 8.18. The molecule has 2 rings (SSSR count). The summed E-state index contributed by atoms with van der Waals surface area (Å²) in [5.41, 5.74) is 12.9. The van der Waals surface area contributed by atoms with Gasteiger partial charge in [0.2, 0.25) is 0 Å². The van der Waals surface area contributed by atoms with E-state index in [0.29, 0.717) is 0 Å². The number of rotatable bonds is 18. The second-order valence-electron chi connectivity index (χ2n) is 10.5. The fourth-order valence-corrected chi connectivity index (χ4v) is 4.10. The zero-order valence-electron chi connectivity index (χ0n) is 22.1. The van der Waals surface area contributed by atoms with E-state index in [9.17, 15) is 0 Å². The molecule has 35 heavy (non-hydrogen) atoms. The first-order chi connectivity index (χ1) is 16.9. The molecular formula is C28H48N6O. The molecule has 1 aliphatic heterocycles. The summed E-state index contributed by atoms with van der Waals surface area (Å²) in [6.07, 6.45) is 13.5. The highest BCUT2D eigenvalue weighted by atomic mass is 16.5. The minimum absolute atomic E-state index is 0.190. The van der Waals surface area contributed by atoms with Gasteiger partial charge in [-0.25, -0.2) is 0 Å². The lowest BCUT2D eigenvalue weighted by Gasteiger charge is -2.29. The molecule has 0 saturated carbocycles. The van der Waals surface area contributed by atoms with Crippen LogP contribution in [0, 0.1) is 10.8 Å². The van der Waals surface area contributed by atoms with Crippen molar-refractivity contribution in [3.63, 3.8) is 0 Å². The summed E-state index contributed by atoms with van der Waals surface area (Å²) in [5.74, 6) is 2.08. The molecule has 0 aliphatic carbocycles. The second-order valence-corrected chi connectivity index (χ2v) is 10.5. The molecule has 0 fully saturated rings. The maximum absolute atomic E-state index is 8.18. The van der Waals surface area contributed by atoms with Gasteiger partial charge in [0, 0.05) is 36.3 Å². The summed E-state index contributed by atoms with van der Waals surface area (Å²) >= 11 is 0. The molecule has 1 aromatic rings. The quantitative estimate of drug-likeness (QED) is 0.126. The van der Waals surface area contributed by atoms with Gasteiger partial charge in [0.15, 0.2) is 5.96 Å². The standard InChI is InChI=1S/C28H48N6O/c1-28(2)21-33-26(34-22-28)23-15-17-25(18-16-23)35-20-12-8-10-14-24(29)13-9-6-4-3-5-7-11-19-32-27(30)31/h15-18,29H,3-14,19-22H2,1-2H3,(H,33,34)(H4,30,31,32). The van der Waals surface area contributed by atoms with Crippen molar-refractivity contribution >= 4 is 17.5 Å². The third-order valence-corrected chi connectivity index (χ3v) is 6.35. The lowest BCUT2D eigenvalue weighted by molar-refractivity contribution is 0.305. The number of nitrogens with one attached hydrogen (secondary N) is 2. The van der Waals surface area contributed by atoms with Gasteiger partial charge in [-0.2, -0.15) is 0 Å². The fourth-order valence-electron chi connectivity index (χ4n) is 4.10. The van der Waals surface area contributed by atoms with Crippen LogP contribution in [-0.2, 0) is 0 Å². The summed E-state index contributed by atoms with van der Waals surface area (Å²) < 4.78 is 5.90. The molecular weight excluding hydrogens is 436 g/mol. The number of nitrogens with two attached hydrogens (primary N) is 2. The number of ether oxygens (including phenoxy) is 1. The molecule has 7 nitrogen and oxygen atoms in total. The van der Waals surface area contributed by atoms with E-state index in [1.54, 1.807) is 0 Å². The predicted octanol–water partition coefficient (Wildman–Crippen LogP) is 5.42.